The molecule has 0 aromatic rings. The third-order valence-electron chi connectivity index (χ3n) is 3.29. The highest BCUT2D eigenvalue weighted by Gasteiger charge is 2.42. The maximum absolute atomic E-state index is 10.9. The molecule has 2 fully saturated rings. The van der Waals surface area contributed by atoms with Crippen molar-refractivity contribution in [2.75, 3.05) is 0 Å². The van der Waals surface area contributed by atoms with E-state index in [1.54, 1.807) is 0 Å². The first kappa shape index (κ1) is 12.4. The minimum Gasteiger partial charge on any atom is -0.460 e. The highest BCUT2D eigenvalue weighted by atomic mass is 16.6. The molecule has 2 saturated heterocycles. The lowest BCUT2D eigenvalue weighted by molar-refractivity contribution is -0.208. The second kappa shape index (κ2) is 5.04. The van der Waals surface area contributed by atoms with Gasteiger partial charge >= 0.3 is 11.9 Å². The van der Waals surface area contributed by atoms with E-state index in [0.29, 0.717) is 0 Å². The summed E-state index contributed by atoms with van der Waals surface area (Å²) in [5.41, 5.74) is 0. The Morgan fingerprint density at radius 1 is 0.882 bits per heavy atom. The number of hydrogen-bond donors (Lipinski definition) is 0. The molecule has 2 aliphatic rings. The van der Waals surface area contributed by atoms with E-state index < -0.39 is 0 Å². The molecule has 0 amide bonds. The van der Waals surface area contributed by atoms with Crippen LogP contribution in [-0.2, 0) is 23.8 Å². The van der Waals surface area contributed by atoms with Crippen molar-refractivity contribution in [1.29, 1.82) is 0 Å². The Hall–Kier alpha value is -1.10. The molecule has 2 bridgehead atoms. The summed E-state index contributed by atoms with van der Waals surface area (Å²) in [6.45, 7) is 2.83. The smallest absolute Gasteiger partial charge is 0.302 e. The SMILES string of the molecule is CC(=O)OC1CCC2OC1CCC2OC(C)=O. The van der Waals surface area contributed by atoms with Gasteiger partial charge in [0.1, 0.15) is 12.2 Å². The Labute approximate surface area is 100 Å². The molecule has 0 aliphatic carbocycles. The lowest BCUT2D eigenvalue weighted by Gasteiger charge is -2.43. The summed E-state index contributed by atoms with van der Waals surface area (Å²) in [5.74, 6) is -0.529. The average Bonchev–Trinajstić information content (AvgIpc) is 2.24. The van der Waals surface area contributed by atoms with E-state index in [1.165, 1.54) is 13.8 Å². The summed E-state index contributed by atoms with van der Waals surface area (Å²) >= 11 is 0. The van der Waals surface area contributed by atoms with Crippen LogP contribution in [-0.4, -0.2) is 36.4 Å². The molecule has 2 aliphatic heterocycles. The molecule has 0 aromatic carbocycles. The largest absolute Gasteiger partial charge is 0.460 e. The van der Waals surface area contributed by atoms with E-state index in [-0.39, 0.29) is 36.4 Å². The summed E-state index contributed by atoms with van der Waals surface area (Å²) < 4.78 is 16.2. The number of carbonyl (C=O) groups is 2. The molecule has 0 radical (unpaired) electrons. The van der Waals surface area contributed by atoms with Crippen molar-refractivity contribution >= 4 is 11.9 Å². The standard InChI is InChI=1S/C12H18O5/c1-7(13)15-9-3-5-12-10(16-8(2)14)4-6-11(9)17-12/h9-12H,3-6H2,1-2H3. The molecule has 0 aromatic heterocycles. The van der Waals surface area contributed by atoms with E-state index >= 15 is 0 Å². The lowest BCUT2D eigenvalue weighted by atomic mass is 9.88. The zero-order valence-electron chi connectivity index (χ0n) is 10.2. The average molecular weight is 242 g/mol. The lowest BCUT2D eigenvalue weighted by Crippen LogP contribution is -2.50. The van der Waals surface area contributed by atoms with Gasteiger partial charge in [-0.3, -0.25) is 9.59 Å². The third-order valence-corrected chi connectivity index (χ3v) is 3.29. The van der Waals surface area contributed by atoms with Gasteiger partial charge in [-0.15, -0.1) is 0 Å². The van der Waals surface area contributed by atoms with Gasteiger partial charge in [0.25, 0.3) is 0 Å². The van der Waals surface area contributed by atoms with Crippen LogP contribution in [0.3, 0.4) is 0 Å². The first-order chi connectivity index (χ1) is 8.06. The van der Waals surface area contributed by atoms with E-state index in [4.69, 9.17) is 14.2 Å². The van der Waals surface area contributed by atoms with Gasteiger partial charge in [0.15, 0.2) is 0 Å². The summed E-state index contributed by atoms with van der Waals surface area (Å²) in [7, 11) is 0. The molecule has 4 unspecified atom stereocenters. The van der Waals surface area contributed by atoms with Gasteiger partial charge in [-0.25, -0.2) is 0 Å². The quantitative estimate of drug-likeness (QED) is 0.681. The minimum absolute atomic E-state index is 0.0375. The second-order valence-corrected chi connectivity index (χ2v) is 4.66. The van der Waals surface area contributed by atoms with Crippen molar-refractivity contribution < 1.29 is 23.8 Å². The highest BCUT2D eigenvalue weighted by Crippen LogP contribution is 2.34. The first-order valence-corrected chi connectivity index (χ1v) is 6.06. The minimum atomic E-state index is -0.265. The molecule has 0 saturated carbocycles. The normalized spacial score (nSPS) is 36.1. The van der Waals surface area contributed by atoms with Gasteiger partial charge in [-0.2, -0.15) is 0 Å². The van der Waals surface area contributed by atoms with E-state index in [9.17, 15) is 9.59 Å². The van der Waals surface area contributed by atoms with Crippen molar-refractivity contribution in [3.05, 3.63) is 0 Å². The van der Waals surface area contributed by atoms with Crippen molar-refractivity contribution in [1.82, 2.24) is 0 Å². The van der Waals surface area contributed by atoms with Crippen LogP contribution >= 0.6 is 0 Å². The van der Waals surface area contributed by atoms with E-state index in [2.05, 4.69) is 0 Å². The fourth-order valence-electron chi connectivity index (χ4n) is 2.63. The Kier molecular flexibility index (Phi) is 3.66. The molecule has 17 heavy (non-hydrogen) atoms. The topological polar surface area (TPSA) is 61.8 Å². The molecular formula is C12H18O5. The first-order valence-electron chi connectivity index (χ1n) is 6.06. The number of esters is 2. The zero-order chi connectivity index (χ0) is 12.4. The molecule has 0 spiro atoms. The van der Waals surface area contributed by atoms with Gasteiger partial charge in [0.2, 0.25) is 0 Å². The predicted octanol–water partition coefficient (Wildman–Crippen LogP) is 1.19. The summed E-state index contributed by atoms with van der Waals surface area (Å²) in [6.07, 6.45) is 2.76. The molecule has 4 atom stereocenters. The molecule has 96 valence electrons. The Morgan fingerprint density at radius 2 is 1.29 bits per heavy atom. The van der Waals surface area contributed by atoms with Gasteiger partial charge in [0, 0.05) is 13.8 Å². The molecule has 5 nitrogen and oxygen atoms in total. The van der Waals surface area contributed by atoms with Crippen LogP contribution in [0, 0.1) is 0 Å². The van der Waals surface area contributed by atoms with Gasteiger partial charge in [-0.1, -0.05) is 0 Å². The summed E-state index contributed by atoms with van der Waals surface area (Å²) in [4.78, 5) is 21.9. The number of fused-ring (bicyclic) bond motifs is 2. The monoisotopic (exact) mass is 242 g/mol. The molecule has 0 N–H and O–H groups in total. The van der Waals surface area contributed by atoms with E-state index in [1.807, 2.05) is 0 Å². The van der Waals surface area contributed by atoms with Crippen LogP contribution in [0.15, 0.2) is 0 Å². The van der Waals surface area contributed by atoms with Crippen molar-refractivity contribution in [3.8, 4) is 0 Å². The van der Waals surface area contributed by atoms with E-state index in [0.717, 1.165) is 25.7 Å². The third kappa shape index (κ3) is 2.97. The van der Waals surface area contributed by atoms with Crippen LogP contribution in [0.2, 0.25) is 0 Å². The van der Waals surface area contributed by atoms with Gasteiger partial charge in [-0.05, 0) is 25.7 Å². The van der Waals surface area contributed by atoms with Crippen molar-refractivity contribution in [2.24, 2.45) is 0 Å². The Bertz CT molecular complexity index is 284. The van der Waals surface area contributed by atoms with Crippen LogP contribution in [0.5, 0.6) is 0 Å². The van der Waals surface area contributed by atoms with Crippen molar-refractivity contribution in [3.63, 3.8) is 0 Å². The number of carbonyl (C=O) groups excluding carboxylic acids is 2. The number of rotatable bonds is 2. The van der Waals surface area contributed by atoms with Crippen molar-refractivity contribution in [2.45, 2.75) is 63.9 Å². The highest BCUT2D eigenvalue weighted by molar-refractivity contribution is 5.66. The predicted molar refractivity (Wildman–Crippen MR) is 58.2 cm³/mol. The fraction of sp³-hybridized carbons (Fsp3) is 0.833. The Balaban J connectivity index is 1.91. The number of hydrogen-bond acceptors (Lipinski definition) is 5. The maximum atomic E-state index is 10.9. The fourth-order valence-corrected chi connectivity index (χ4v) is 2.63. The van der Waals surface area contributed by atoms with Crippen LogP contribution < -0.4 is 0 Å². The summed E-state index contributed by atoms with van der Waals surface area (Å²) in [6, 6.07) is 0. The zero-order valence-corrected chi connectivity index (χ0v) is 10.2. The number of ether oxygens (including phenoxy) is 3. The second-order valence-electron chi connectivity index (χ2n) is 4.66. The van der Waals surface area contributed by atoms with Gasteiger partial charge in [0.05, 0.1) is 12.2 Å². The van der Waals surface area contributed by atoms with Crippen LogP contribution in [0.1, 0.15) is 39.5 Å². The van der Waals surface area contributed by atoms with Crippen LogP contribution in [0.25, 0.3) is 0 Å². The molecular weight excluding hydrogens is 224 g/mol. The summed E-state index contributed by atoms with van der Waals surface area (Å²) in [5, 5.41) is 0. The molecule has 5 heteroatoms. The Morgan fingerprint density at radius 3 is 1.65 bits per heavy atom. The molecule has 2 rings (SSSR count). The van der Waals surface area contributed by atoms with Gasteiger partial charge < -0.3 is 14.2 Å². The van der Waals surface area contributed by atoms with Crippen LogP contribution in [0.4, 0.5) is 0 Å². The maximum Gasteiger partial charge on any atom is 0.302 e. The molecule has 2 heterocycles.